The van der Waals surface area contributed by atoms with Gasteiger partial charge in [0.1, 0.15) is 5.75 Å². The van der Waals surface area contributed by atoms with Gasteiger partial charge in [0.25, 0.3) is 5.91 Å². The van der Waals surface area contributed by atoms with Crippen molar-refractivity contribution in [3.05, 3.63) is 87.9 Å². The van der Waals surface area contributed by atoms with Crippen LogP contribution in [0.4, 0.5) is 0 Å². The summed E-state index contributed by atoms with van der Waals surface area (Å²) in [5.74, 6) is 0.102. The molecule has 170 valence electrons. The first-order chi connectivity index (χ1) is 15.9. The minimum absolute atomic E-state index is 0.239. The summed E-state index contributed by atoms with van der Waals surface area (Å²) >= 11 is 11.7. The van der Waals surface area contributed by atoms with E-state index < -0.39 is 18.0 Å². The van der Waals surface area contributed by atoms with Crippen LogP contribution in [-0.2, 0) is 4.79 Å². The van der Waals surface area contributed by atoms with Crippen LogP contribution < -0.4 is 19.6 Å². The zero-order chi connectivity index (χ0) is 23.8. The van der Waals surface area contributed by atoms with Crippen LogP contribution >= 0.6 is 23.2 Å². The molecule has 0 aliphatic heterocycles. The summed E-state index contributed by atoms with van der Waals surface area (Å²) < 4.78 is 16.3. The predicted molar refractivity (Wildman–Crippen MR) is 127 cm³/mol. The topological polar surface area (TPSA) is 86.2 Å². The number of amides is 1. The van der Waals surface area contributed by atoms with Gasteiger partial charge in [0, 0.05) is 10.0 Å². The van der Waals surface area contributed by atoms with Crippen molar-refractivity contribution in [2.45, 2.75) is 13.0 Å². The van der Waals surface area contributed by atoms with Gasteiger partial charge in [0.15, 0.2) is 17.6 Å². The molecule has 0 bridgehead atoms. The first kappa shape index (κ1) is 24.1. The fraction of sp³-hybridized carbons (Fsp3) is 0.125. The molecule has 1 atom stereocenters. The van der Waals surface area contributed by atoms with E-state index in [0.717, 1.165) is 0 Å². The van der Waals surface area contributed by atoms with E-state index in [1.807, 2.05) is 0 Å². The molecule has 0 aliphatic carbocycles. The third-order valence-electron chi connectivity index (χ3n) is 4.35. The average Bonchev–Trinajstić information content (AvgIpc) is 2.81. The summed E-state index contributed by atoms with van der Waals surface area (Å²) in [5, 5.41) is 5.03. The number of rotatable bonds is 8. The maximum atomic E-state index is 12.3. The molecule has 1 unspecified atom stereocenters. The van der Waals surface area contributed by atoms with Crippen LogP contribution in [0.3, 0.4) is 0 Å². The normalized spacial score (nSPS) is 11.6. The summed E-state index contributed by atoms with van der Waals surface area (Å²) in [6.45, 7) is 1.60. The molecule has 3 aromatic carbocycles. The molecule has 33 heavy (non-hydrogen) atoms. The quantitative estimate of drug-likeness (QED) is 0.206. The van der Waals surface area contributed by atoms with Crippen LogP contribution in [0.2, 0.25) is 10.0 Å². The van der Waals surface area contributed by atoms with E-state index in [-0.39, 0.29) is 5.75 Å². The molecule has 0 aromatic heterocycles. The number of hydrazone groups is 1. The van der Waals surface area contributed by atoms with Crippen molar-refractivity contribution in [1.29, 1.82) is 0 Å². The first-order valence-electron chi connectivity index (χ1n) is 9.76. The first-order valence-corrected chi connectivity index (χ1v) is 10.5. The van der Waals surface area contributed by atoms with Crippen molar-refractivity contribution in [3.63, 3.8) is 0 Å². The third-order valence-corrected chi connectivity index (χ3v) is 4.86. The minimum Gasteiger partial charge on any atom is -0.493 e. The highest BCUT2D eigenvalue weighted by molar-refractivity contribution is 6.30. The van der Waals surface area contributed by atoms with Gasteiger partial charge >= 0.3 is 5.97 Å². The summed E-state index contributed by atoms with van der Waals surface area (Å²) in [5.41, 5.74) is 3.38. The van der Waals surface area contributed by atoms with Gasteiger partial charge in [-0.3, -0.25) is 4.79 Å². The maximum Gasteiger partial charge on any atom is 0.343 e. The highest BCUT2D eigenvalue weighted by atomic mass is 35.5. The van der Waals surface area contributed by atoms with Crippen LogP contribution in [0.15, 0.2) is 71.8 Å². The van der Waals surface area contributed by atoms with Crippen molar-refractivity contribution in [3.8, 4) is 17.2 Å². The van der Waals surface area contributed by atoms with E-state index in [1.54, 1.807) is 73.7 Å². The number of nitrogens with zero attached hydrogens (tertiary/aromatic N) is 1. The lowest BCUT2D eigenvalue weighted by atomic mass is 10.2. The molecule has 0 fully saturated rings. The second kappa shape index (κ2) is 11.4. The van der Waals surface area contributed by atoms with Gasteiger partial charge < -0.3 is 14.2 Å². The fourth-order valence-electron chi connectivity index (χ4n) is 2.63. The van der Waals surface area contributed by atoms with E-state index in [9.17, 15) is 9.59 Å². The highest BCUT2D eigenvalue weighted by Gasteiger charge is 2.15. The number of esters is 1. The lowest BCUT2D eigenvalue weighted by molar-refractivity contribution is -0.127. The second-order valence-corrected chi connectivity index (χ2v) is 7.63. The molecule has 1 N–H and O–H groups in total. The van der Waals surface area contributed by atoms with Crippen molar-refractivity contribution in [2.75, 3.05) is 7.11 Å². The molecule has 1 amide bonds. The third kappa shape index (κ3) is 6.97. The summed E-state index contributed by atoms with van der Waals surface area (Å²) in [6, 6.07) is 17.9. The molecule has 7 nitrogen and oxygen atoms in total. The lowest BCUT2D eigenvalue weighted by Crippen LogP contribution is -2.33. The van der Waals surface area contributed by atoms with Crippen molar-refractivity contribution >= 4 is 41.3 Å². The minimum atomic E-state index is -0.771. The number of ether oxygens (including phenoxy) is 3. The summed E-state index contributed by atoms with van der Waals surface area (Å²) in [7, 11) is 1.45. The molecule has 0 radical (unpaired) electrons. The molecular weight excluding hydrogens is 467 g/mol. The Morgan fingerprint density at radius 2 is 1.58 bits per heavy atom. The monoisotopic (exact) mass is 486 g/mol. The van der Waals surface area contributed by atoms with E-state index in [1.165, 1.54) is 13.3 Å². The number of carbonyl (C=O) groups excluding carboxylic acids is 2. The van der Waals surface area contributed by atoms with Crippen LogP contribution in [-0.4, -0.2) is 31.3 Å². The Morgan fingerprint density at radius 1 is 0.939 bits per heavy atom. The number of nitrogens with one attached hydrogen (secondary N) is 1. The largest absolute Gasteiger partial charge is 0.493 e. The van der Waals surface area contributed by atoms with Gasteiger partial charge in [-0.15, -0.1) is 0 Å². The van der Waals surface area contributed by atoms with Gasteiger partial charge in [-0.05, 0) is 79.2 Å². The number of methoxy groups -OCH3 is 1. The van der Waals surface area contributed by atoms with Crippen LogP contribution in [0.1, 0.15) is 22.8 Å². The van der Waals surface area contributed by atoms with Gasteiger partial charge in [-0.1, -0.05) is 23.2 Å². The van der Waals surface area contributed by atoms with E-state index in [4.69, 9.17) is 37.4 Å². The Kier molecular flexibility index (Phi) is 8.29. The molecule has 0 saturated carbocycles. The van der Waals surface area contributed by atoms with Gasteiger partial charge in [-0.25, -0.2) is 10.2 Å². The van der Waals surface area contributed by atoms with Gasteiger partial charge in [-0.2, -0.15) is 5.10 Å². The zero-order valence-corrected chi connectivity index (χ0v) is 19.3. The number of benzene rings is 3. The lowest BCUT2D eigenvalue weighted by Gasteiger charge is -2.13. The SMILES string of the molecule is COc1cc(C=NNC(=O)C(C)Oc2ccc(Cl)cc2)ccc1OC(=O)c1ccc(Cl)cc1. The summed E-state index contributed by atoms with van der Waals surface area (Å²) in [6.07, 6.45) is 0.660. The maximum absolute atomic E-state index is 12.3. The van der Waals surface area contributed by atoms with Crippen molar-refractivity contribution < 1.29 is 23.8 Å². The van der Waals surface area contributed by atoms with E-state index in [0.29, 0.717) is 32.7 Å². The average molecular weight is 487 g/mol. The van der Waals surface area contributed by atoms with Crippen LogP contribution in [0.25, 0.3) is 0 Å². The molecular formula is C24H20Cl2N2O5. The van der Waals surface area contributed by atoms with Crippen molar-refractivity contribution in [2.24, 2.45) is 5.10 Å². The number of halogens is 2. The fourth-order valence-corrected chi connectivity index (χ4v) is 2.88. The Hall–Kier alpha value is -3.55. The molecule has 3 aromatic rings. The highest BCUT2D eigenvalue weighted by Crippen LogP contribution is 2.28. The number of hydrogen-bond donors (Lipinski definition) is 1. The van der Waals surface area contributed by atoms with E-state index >= 15 is 0 Å². The van der Waals surface area contributed by atoms with Crippen LogP contribution in [0, 0.1) is 0 Å². The standard InChI is InChI=1S/C24H20Cl2N2O5/c1-15(32-20-10-8-19(26)9-11-20)23(29)28-27-14-16-3-12-21(22(13-16)31-2)33-24(30)17-4-6-18(25)7-5-17/h3-15H,1-2H3,(H,28,29). The zero-order valence-electron chi connectivity index (χ0n) is 17.7. The van der Waals surface area contributed by atoms with Gasteiger partial charge in [0.05, 0.1) is 18.9 Å². The molecule has 9 heteroatoms. The number of carbonyl (C=O) groups is 2. The molecule has 0 spiro atoms. The smallest absolute Gasteiger partial charge is 0.343 e. The Morgan fingerprint density at radius 3 is 2.21 bits per heavy atom. The Labute approximate surface area is 200 Å². The predicted octanol–water partition coefficient (Wildman–Crippen LogP) is 5.14. The molecule has 0 heterocycles. The molecule has 0 aliphatic rings. The second-order valence-electron chi connectivity index (χ2n) is 6.75. The molecule has 0 saturated heterocycles. The summed E-state index contributed by atoms with van der Waals surface area (Å²) in [4.78, 5) is 24.5. The van der Waals surface area contributed by atoms with E-state index in [2.05, 4.69) is 10.5 Å². The number of hydrogen-bond acceptors (Lipinski definition) is 6. The van der Waals surface area contributed by atoms with Gasteiger partial charge in [0.2, 0.25) is 0 Å². The Balaban J connectivity index is 1.59. The van der Waals surface area contributed by atoms with Crippen LogP contribution in [0.5, 0.6) is 17.2 Å². The molecule has 3 rings (SSSR count). The Bertz CT molecular complexity index is 1150. The van der Waals surface area contributed by atoms with Crippen molar-refractivity contribution in [1.82, 2.24) is 5.43 Å².